The monoisotopic (exact) mass is 308 g/mol. The van der Waals surface area contributed by atoms with Crippen LogP contribution in [0.5, 0.6) is 0 Å². The number of aromatic carboxylic acids is 1. The van der Waals surface area contributed by atoms with Crippen LogP contribution in [-0.2, 0) is 11.3 Å². The van der Waals surface area contributed by atoms with Crippen molar-refractivity contribution in [3.05, 3.63) is 72.3 Å². The lowest BCUT2D eigenvalue weighted by Gasteiger charge is -2.11. The summed E-state index contributed by atoms with van der Waals surface area (Å²) in [7, 11) is 1.60. The normalized spacial score (nSPS) is 10.7. The lowest BCUT2D eigenvalue weighted by atomic mass is 9.97. The number of aromatic nitrogens is 2. The van der Waals surface area contributed by atoms with Gasteiger partial charge in [0.25, 0.3) is 0 Å². The van der Waals surface area contributed by atoms with Gasteiger partial charge in [-0.2, -0.15) is 0 Å². The molecular weight excluding hydrogens is 292 g/mol. The van der Waals surface area contributed by atoms with E-state index in [9.17, 15) is 4.79 Å². The van der Waals surface area contributed by atoms with Crippen molar-refractivity contribution in [2.24, 2.45) is 0 Å². The average Bonchev–Trinajstić information content (AvgIpc) is 3.10. The summed E-state index contributed by atoms with van der Waals surface area (Å²) in [6.07, 6.45) is 5.36. The molecule has 0 aliphatic rings. The van der Waals surface area contributed by atoms with Crippen LogP contribution in [0, 0.1) is 0 Å². The fourth-order valence-corrected chi connectivity index (χ4v) is 2.51. The molecule has 1 N–H and O–H groups in total. The minimum absolute atomic E-state index is 0.260. The fraction of sp³-hybridized carbons (Fsp3) is 0.111. The minimum atomic E-state index is -0.940. The Kier molecular flexibility index (Phi) is 4.21. The number of nitrogens with zero attached hydrogens (tertiary/aromatic N) is 2. The highest BCUT2D eigenvalue weighted by Crippen LogP contribution is 2.26. The predicted octanol–water partition coefficient (Wildman–Crippen LogP) is 3.38. The molecule has 0 aliphatic heterocycles. The Morgan fingerprint density at radius 1 is 1.22 bits per heavy atom. The van der Waals surface area contributed by atoms with Crippen LogP contribution in [0.15, 0.2) is 61.2 Å². The van der Waals surface area contributed by atoms with E-state index in [0.717, 1.165) is 22.4 Å². The second-order valence-corrected chi connectivity index (χ2v) is 5.13. The molecule has 3 rings (SSSR count). The molecule has 0 atom stereocenters. The van der Waals surface area contributed by atoms with Crippen LogP contribution < -0.4 is 0 Å². The molecule has 1 heterocycles. The highest BCUT2D eigenvalue weighted by atomic mass is 16.5. The first-order valence-electron chi connectivity index (χ1n) is 7.13. The highest BCUT2D eigenvalue weighted by molar-refractivity contribution is 5.89. The van der Waals surface area contributed by atoms with Gasteiger partial charge in [0.15, 0.2) is 0 Å². The lowest BCUT2D eigenvalue weighted by Crippen LogP contribution is -2.00. The van der Waals surface area contributed by atoms with E-state index in [0.29, 0.717) is 6.61 Å². The maximum Gasteiger partial charge on any atom is 0.335 e. The molecular formula is C18H16N2O3. The first-order chi connectivity index (χ1) is 11.2. The van der Waals surface area contributed by atoms with Crippen LogP contribution in [0.1, 0.15) is 15.9 Å². The number of methoxy groups -OCH3 is 1. The third-order valence-electron chi connectivity index (χ3n) is 3.63. The minimum Gasteiger partial charge on any atom is -0.478 e. The number of hydrogen-bond acceptors (Lipinski definition) is 3. The standard InChI is InChI=1S/C18H16N2O3/c1-23-11-15-10-14(18(21)22)4-7-17(15)13-2-5-16(6-3-13)20-9-8-19-12-20/h2-10,12H,11H2,1H3,(H,21,22). The van der Waals surface area contributed by atoms with Crippen molar-refractivity contribution in [1.82, 2.24) is 9.55 Å². The molecule has 0 fully saturated rings. The molecule has 1 aromatic heterocycles. The number of rotatable bonds is 5. The van der Waals surface area contributed by atoms with Crippen molar-refractivity contribution in [2.45, 2.75) is 6.61 Å². The zero-order valence-corrected chi connectivity index (χ0v) is 12.6. The summed E-state index contributed by atoms with van der Waals surface area (Å²) in [6, 6.07) is 13.1. The second kappa shape index (κ2) is 6.46. The van der Waals surface area contributed by atoms with Crippen LogP contribution in [-0.4, -0.2) is 27.7 Å². The lowest BCUT2D eigenvalue weighted by molar-refractivity contribution is 0.0696. The first-order valence-corrected chi connectivity index (χ1v) is 7.13. The fourth-order valence-electron chi connectivity index (χ4n) is 2.51. The van der Waals surface area contributed by atoms with Gasteiger partial charge < -0.3 is 14.4 Å². The molecule has 0 bridgehead atoms. The topological polar surface area (TPSA) is 64.3 Å². The van der Waals surface area contributed by atoms with E-state index in [1.807, 2.05) is 41.1 Å². The average molecular weight is 308 g/mol. The number of hydrogen-bond donors (Lipinski definition) is 1. The number of carboxylic acid groups (broad SMARTS) is 1. The zero-order chi connectivity index (χ0) is 16.2. The highest BCUT2D eigenvalue weighted by Gasteiger charge is 2.10. The van der Waals surface area contributed by atoms with Gasteiger partial charge in [-0.05, 0) is 41.0 Å². The smallest absolute Gasteiger partial charge is 0.335 e. The van der Waals surface area contributed by atoms with E-state index in [1.165, 1.54) is 0 Å². The summed E-state index contributed by atoms with van der Waals surface area (Å²) in [5.74, 6) is -0.940. The van der Waals surface area contributed by atoms with Crippen LogP contribution in [0.25, 0.3) is 16.8 Å². The first kappa shape index (κ1) is 15.0. The maximum atomic E-state index is 11.1. The molecule has 2 aromatic carbocycles. The molecule has 0 saturated carbocycles. The third-order valence-corrected chi connectivity index (χ3v) is 3.63. The Balaban J connectivity index is 1.98. The van der Waals surface area contributed by atoms with E-state index in [1.54, 1.807) is 31.8 Å². The summed E-state index contributed by atoms with van der Waals surface area (Å²) in [4.78, 5) is 15.2. The largest absolute Gasteiger partial charge is 0.478 e. The molecule has 5 nitrogen and oxygen atoms in total. The van der Waals surface area contributed by atoms with E-state index in [4.69, 9.17) is 9.84 Å². The van der Waals surface area contributed by atoms with Gasteiger partial charge in [0, 0.05) is 25.2 Å². The van der Waals surface area contributed by atoms with Crippen molar-refractivity contribution in [3.8, 4) is 16.8 Å². The third kappa shape index (κ3) is 3.14. The predicted molar refractivity (Wildman–Crippen MR) is 86.7 cm³/mol. The molecule has 0 saturated heterocycles. The van der Waals surface area contributed by atoms with E-state index < -0.39 is 5.97 Å². The van der Waals surface area contributed by atoms with Gasteiger partial charge in [-0.15, -0.1) is 0 Å². The van der Waals surface area contributed by atoms with Gasteiger partial charge in [0.1, 0.15) is 0 Å². The van der Waals surface area contributed by atoms with E-state index in [-0.39, 0.29) is 5.56 Å². The van der Waals surface area contributed by atoms with Crippen LogP contribution >= 0.6 is 0 Å². The summed E-state index contributed by atoms with van der Waals surface area (Å²) in [6.45, 7) is 0.361. The van der Waals surface area contributed by atoms with Gasteiger partial charge in [-0.25, -0.2) is 9.78 Å². The summed E-state index contributed by atoms with van der Waals surface area (Å²) >= 11 is 0. The van der Waals surface area contributed by atoms with Gasteiger partial charge >= 0.3 is 5.97 Å². The van der Waals surface area contributed by atoms with Gasteiger partial charge in [-0.1, -0.05) is 18.2 Å². The molecule has 5 heteroatoms. The van der Waals surface area contributed by atoms with Crippen LogP contribution in [0.2, 0.25) is 0 Å². The Labute approximate surface area is 133 Å². The molecule has 3 aromatic rings. The summed E-state index contributed by atoms with van der Waals surface area (Å²) in [5, 5.41) is 9.13. The van der Waals surface area contributed by atoms with Gasteiger partial charge in [-0.3, -0.25) is 0 Å². The number of benzene rings is 2. The molecule has 116 valence electrons. The number of ether oxygens (including phenoxy) is 1. The number of carbonyl (C=O) groups is 1. The SMILES string of the molecule is COCc1cc(C(=O)O)ccc1-c1ccc(-n2ccnc2)cc1. The molecule has 0 aliphatic carbocycles. The van der Waals surface area contributed by atoms with E-state index in [2.05, 4.69) is 4.98 Å². The maximum absolute atomic E-state index is 11.1. The van der Waals surface area contributed by atoms with Crippen molar-refractivity contribution in [3.63, 3.8) is 0 Å². The second-order valence-electron chi connectivity index (χ2n) is 5.13. The molecule has 0 spiro atoms. The van der Waals surface area contributed by atoms with Crippen LogP contribution in [0.4, 0.5) is 0 Å². The number of carboxylic acids is 1. The van der Waals surface area contributed by atoms with Crippen molar-refractivity contribution < 1.29 is 14.6 Å². The Morgan fingerprint density at radius 3 is 2.61 bits per heavy atom. The molecule has 23 heavy (non-hydrogen) atoms. The summed E-state index contributed by atoms with van der Waals surface area (Å²) in [5.41, 5.74) is 4.10. The van der Waals surface area contributed by atoms with Crippen molar-refractivity contribution in [2.75, 3.05) is 7.11 Å². The van der Waals surface area contributed by atoms with Crippen molar-refractivity contribution in [1.29, 1.82) is 0 Å². The Hall–Kier alpha value is -2.92. The Morgan fingerprint density at radius 2 is 2.00 bits per heavy atom. The Bertz CT molecular complexity index is 809. The zero-order valence-electron chi connectivity index (χ0n) is 12.6. The van der Waals surface area contributed by atoms with Crippen LogP contribution in [0.3, 0.4) is 0 Å². The quantitative estimate of drug-likeness (QED) is 0.784. The van der Waals surface area contributed by atoms with Crippen molar-refractivity contribution >= 4 is 5.97 Å². The van der Waals surface area contributed by atoms with Gasteiger partial charge in [0.05, 0.1) is 18.5 Å². The molecule has 0 radical (unpaired) electrons. The number of imidazole rings is 1. The van der Waals surface area contributed by atoms with E-state index >= 15 is 0 Å². The molecule has 0 amide bonds. The van der Waals surface area contributed by atoms with Gasteiger partial charge in [0.2, 0.25) is 0 Å². The molecule has 0 unspecified atom stereocenters. The summed E-state index contributed by atoms with van der Waals surface area (Å²) < 4.78 is 7.13.